The van der Waals surface area contributed by atoms with E-state index in [0.717, 1.165) is 69.1 Å². The number of amides is 3. The molecule has 7 aliphatic rings. The van der Waals surface area contributed by atoms with Crippen LogP contribution in [0, 0.1) is 17.8 Å². The van der Waals surface area contributed by atoms with Gasteiger partial charge in [-0.2, -0.15) is 0 Å². The molecule has 13 heteroatoms. The summed E-state index contributed by atoms with van der Waals surface area (Å²) in [5.41, 5.74) is 0.871. The Morgan fingerprint density at radius 2 is 1.72 bits per heavy atom. The smallest absolute Gasteiger partial charge is 0.407 e. The van der Waals surface area contributed by atoms with Crippen molar-refractivity contribution in [3.63, 3.8) is 0 Å². The highest BCUT2D eigenvalue weighted by Crippen LogP contribution is 2.55. The summed E-state index contributed by atoms with van der Waals surface area (Å²) in [5, 5.41) is 8.97. The first-order chi connectivity index (χ1) is 20.9. The van der Waals surface area contributed by atoms with Gasteiger partial charge in [0, 0.05) is 24.9 Å². The van der Waals surface area contributed by atoms with Crippen LogP contribution in [0.5, 0.6) is 0 Å². The number of alkyl carbamates (subject to hydrolysis) is 1. The van der Waals surface area contributed by atoms with Crippen molar-refractivity contribution in [2.24, 2.45) is 17.8 Å². The number of urea groups is 1. The first-order valence-electron chi connectivity index (χ1n) is 16.1. The van der Waals surface area contributed by atoms with Gasteiger partial charge in [0.05, 0.1) is 6.33 Å². The number of fused-ring (bicyclic) bond motifs is 2. The molecule has 7 fully saturated rings. The molecule has 0 aromatic carbocycles. The third kappa shape index (κ3) is 4.93. The fraction of sp³-hybridized carbons (Fsp3) is 0.767. The van der Waals surface area contributed by atoms with Gasteiger partial charge in [0.2, 0.25) is 0 Å². The number of rotatable bonds is 6. The molecule has 4 atom stereocenters. The van der Waals surface area contributed by atoms with Crippen LogP contribution in [0.1, 0.15) is 83.8 Å². The van der Waals surface area contributed by atoms with Crippen LogP contribution in [-0.2, 0) is 18.9 Å². The number of aromatic nitrogens is 4. The molecule has 2 aliphatic heterocycles. The van der Waals surface area contributed by atoms with Gasteiger partial charge in [-0.25, -0.2) is 24.5 Å². The first kappa shape index (κ1) is 27.5. The Morgan fingerprint density at radius 1 is 1.00 bits per heavy atom. The maximum Gasteiger partial charge on any atom is 0.407 e. The third-order valence-corrected chi connectivity index (χ3v) is 10.6. The fourth-order valence-corrected chi connectivity index (χ4v) is 9.31. The SMILES string of the molecule is CCNC(=O)OC[C@H]1O[C@@H](n2cnc3c(NC(=O)NC45CC6CC(CC(C6)C4)C5)ncnc32)C2OC3(CCCCC3)OC21. The van der Waals surface area contributed by atoms with E-state index >= 15 is 0 Å². The van der Waals surface area contributed by atoms with E-state index in [1.807, 2.05) is 11.5 Å². The molecule has 4 bridgehead atoms. The highest BCUT2D eigenvalue weighted by Gasteiger charge is 2.59. The maximum absolute atomic E-state index is 13.3. The lowest BCUT2D eigenvalue weighted by atomic mass is 9.53. The molecule has 5 saturated carbocycles. The van der Waals surface area contributed by atoms with Crippen LogP contribution >= 0.6 is 0 Å². The zero-order chi connectivity index (χ0) is 29.2. The van der Waals surface area contributed by atoms with Gasteiger partial charge < -0.3 is 29.6 Å². The minimum absolute atomic E-state index is 0.0296. The maximum atomic E-state index is 13.3. The Bertz CT molecular complexity index is 1360. The van der Waals surface area contributed by atoms with E-state index in [4.69, 9.17) is 18.9 Å². The van der Waals surface area contributed by atoms with Crippen LogP contribution in [0.2, 0.25) is 0 Å². The molecule has 0 radical (unpaired) electrons. The number of ether oxygens (including phenoxy) is 4. The first-order valence-corrected chi connectivity index (χ1v) is 16.1. The van der Waals surface area contributed by atoms with Gasteiger partial charge in [-0.1, -0.05) is 6.42 Å². The standard InChI is InChI=1S/C30H41N7O6/c1-2-31-28(39)40-14-20-22-23(43-30(42-22)6-4-3-5-7-30)26(41-20)37-16-34-21-24(32-15-33-25(21)37)35-27(38)36-29-11-17-8-18(12-29)10-19(9-17)13-29/h15-20,22-23,26H,2-14H2,1H3,(H,31,39)(H2,32,33,35,36,38)/t17?,18?,19?,20-,22?,23?,26-,29?/m1/s1. The molecule has 43 heavy (non-hydrogen) atoms. The van der Waals surface area contributed by atoms with Gasteiger partial charge in [-0.3, -0.25) is 9.88 Å². The quantitative estimate of drug-likeness (QED) is 0.450. The number of hydrogen-bond acceptors (Lipinski definition) is 9. The highest BCUT2D eigenvalue weighted by atomic mass is 16.8. The van der Waals surface area contributed by atoms with E-state index in [1.54, 1.807) is 6.33 Å². The van der Waals surface area contributed by atoms with Crippen LogP contribution in [0.3, 0.4) is 0 Å². The molecule has 1 spiro atoms. The number of hydrogen-bond donors (Lipinski definition) is 3. The van der Waals surface area contributed by atoms with Crippen molar-refractivity contribution >= 4 is 29.1 Å². The van der Waals surface area contributed by atoms with Gasteiger partial charge in [-0.05, 0) is 76.0 Å². The van der Waals surface area contributed by atoms with E-state index in [-0.39, 0.29) is 18.2 Å². The average molecular weight is 596 g/mol. The van der Waals surface area contributed by atoms with E-state index in [2.05, 4.69) is 30.9 Å². The van der Waals surface area contributed by atoms with Gasteiger partial charge >= 0.3 is 12.1 Å². The average Bonchev–Trinajstić information content (AvgIpc) is 3.64. The number of carbonyl (C=O) groups excluding carboxylic acids is 2. The Morgan fingerprint density at radius 3 is 2.44 bits per heavy atom. The molecular formula is C30H41N7O6. The molecule has 2 aromatic heterocycles. The number of carbonyl (C=O) groups is 2. The minimum atomic E-state index is -0.660. The largest absolute Gasteiger partial charge is 0.447 e. The van der Waals surface area contributed by atoms with Crippen molar-refractivity contribution < 1.29 is 28.5 Å². The lowest BCUT2D eigenvalue weighted by Crippen LogP contribution is -2.60. The number of imidazole rings is 1. The summed E-state index contributed by atoms with van der Waals surface area (Å²) in [6.45, 7) is 2.34. The summed E-state index contributed by atoms with van der Waals surface area (Å²) in [4.78, 5) is 38.9. The van der Waals surface area contributed by atoms with Gasteiger partial charge in [0.1, 0.15) is 31.2 Å². The van der Waals surface area contributed by atoms with Crippen LogP contribution in [0.15, 0.2) is 12.7 Å². The zero-order valence-electron chi connectivity index (χ0n) is 24.6. The Hall–Kier alpha value is -3.03. The number of nitrogens with zero attached hydrogens (tertiary/aromatic N) is 4. The van der Waals surface area contributed by atoms with Crippen molar-refractivity contribution in [2.75, 3.05) is 18.5 Å². The van der Waals surface area contributed by atoms with Crippen molar-refractivity contribution in [3.8, 4) is 0 Å². The lowest BCUT2D eigenvalue weighted by Gasteiger charge is -2.56. The molecule has 232 valence electrons. The van der Waals surface area contributed by atoms with Gasteiger partial charge in [0.25, 0.3) is 0 Å². The molecule has 3 N–H and O–H groups in total. The minimum Gasteiger partial charge on any atom is -0.447 e. The summed E-state index contributed by atoms with van der Waals surface area (Å²) < 4.78 is 26.9. The van der Waals surface area contributed by atoms with Crippen LogP contribution in [0.25, 0.3) is 11.2 Å². The lowest BCUT2D eigenvalue weighted by molar-refractivity contribution is -0.232. The molecule has 2 aromatic rings. The zero-order valence-corrected chi connectivity index (χ0v) is 24.6. The summed E-state index contributed by atoms with van der Waals surface area (Å²) in [6, 6.07) is -0.247. The monoisotopic (exact) mass is 595 g/mol. The Labute approximate surface area is 250 Å². The van der Waals surface area contributed by atoms with Crippen LogP contribution < -0.4 is 16.0 Å². The molecule has 13 nitrogen and oxygen atoms in total. The van der Waals surface area contributed by atoms with Gasteiger partial charge in [-0.15, -0.1) is 0 Å². The Kier molecular flexibility index (Phi) is 6.75. The number of nitrogens with one attached hydrogen (secondary N) is 3. The second-order valence-electron chi connectivity index (χ2n) is 13.7. The van der Waals surface area contributed by atoms with E-state index in [9.17, 15) is 9.59 Å². The van der Waals surface area contributed by atoms with Crippen molar-refractivity contribution in [1.29, 1.82) is 0 Å². The summed E-state index contributed by atoms with van der Waals surface area (Å²) in [6.07, 6.45) is 12.6. The second-order valence-corrected chi connectivity index (χ2v) is 13.7. The third-order valence-electron chi connectivity index (χ3n) is 10.6. The molecule has 4 heterocycles. The molecule has 2 unspecified atom stereocenters. The van der Waals surface area contributed by atoms with Crippen LogP contribution in [0.4, 0.5) is 15.4 Å². The predicted octanol–water partition coefficient (Wildman–Crippen LogP) is 4.00. The molecule has 9 rings (SSSR count). The van der Waals surface area contributed by atoms with E-state index in [0.29, 0.717) is 23.5 Å². The number of anilines is 1. The van der Waals surface area contributed by atoms with Crippen LogP contribution in [-0.4, -0.2) is 74.4 Å². The highest BCUT2D eigenvalue weighted by molar-refractivity contribution is 5.96. The summed E-state index contributed by atoms with van der Waals surface area (Å²) in [5.74, 6) is 1.88. The molecule has 5 aliphatic carbocycles. The molecular weight excluding hydrogens is 554 g/mol. The summed E-state index contributed by atoms with van der Waals surface area (Å²) in [7, 11) is 0. The Balaban J connectivity index is 1.02. The van der Waals surface area contributed by atoms with Gasteiger partial charge in [0.15, 0.2) is 29.0 Å². The van der Waals surface area contributed by atoms with E-state index < -0.39 is 36.4 Å². The normalized spacial score (nSPS) is 37.0. The fourth-order valence-electron chi connectivity index (χ4n) is 9.31. The van der Waals surface area contributed by atoms with Crippen molar-refractivity contribution in [1.82, 2.24) is 30.2 Å². The topological polar surface area (TPSA) is 151 Å². The summed E-state index contributed by atoms with van der Waals surface area (Å²) >= 11 is 0. The molecule has 3 amide bonds. The van der Waals surface area contributed by atoms with Crippen molar-refractivity contribution in [2.45, 2.75) is 113 Å². The molecule has 2 saturated heterocycles. The predicted molar refractivity (Wildman–Crippen MR) is 153 cm³/mol. The van der Waals surface area contributed by atoms with E-state index in [1.165, 1.54) is 25.6 Å². The second kappa shape index (κ2) is 10.6. The van der Waals surface area contributed by atoms with Crippen molar-refractivity contribution in [3.05, 3.63) is 12.7 Å².